The van der Waals surface area contributed by atoms with Crippen molar-refractivity contribution < 1.29 is 14.9 Å². The minimum absolute atomic E-state index is 0.0881. The van der Waals surface area contributed by atoms with Crippen LogP contribution in [0.5, 0.6) is 5.75 Å². The number of benzene rings is 2. The predicted molar refractivity (Wildman–Crippen MR) is 83.6 cm³/mol. The maximum Gasteiger partial charge on any atom is 0.138 e. The Morgan fingerprint density at radius 3 is 2.43 bits per heavy atom. The molecule has 3 nitrogen and oxygen atoms in total. The molecule has 0 aliphatic rings. The van der Waals surface area contributed by atoms with Crippen molar-refractivity contribution in [3.05, 3.63) is 64.7 Å². The monoisotopic (exact) mass is 306 g/mol. The average Bonchev–Trinajstić information content (AvgIpc) is 2.46. The maximum atomic E-state index is 10.5. The second kappa shape index (κ2) is 6.48. The molecule has 2 N–H and O–H groups in total. The molecule has 0 heterocycles. The molecular formula is C17H19ClO3. The van der Waals surface area contributed by atoms with E-state index in [1.807, 2.05) is 30.3 Å². The molecule has 2 aromatic carbocycles. The van der Waals surface area contributed by atoms with Gasteiger partial charge in [-0.15, -0.1) is 0 Å². The average molecular weight is 307 g/mol. The van der Waals surface area contributed by atoms with Gasteiger partial charge in [0.15, 0.2) is 0 Å². The first kappa shape index (κ1) is 15.8. The lowest BCUT2D eigenvalue weighted by Gasteiger charge is -2.24. The second-order valence-electron chi connectivity index (χ2n) is 5.29. The number of hydrogen-bond donors (Lipinski definition) is 2. The molecule has 0 bridgehead atoms. The zero-order chi connectivity index (χ0) is 15.5. The molecule has 0 amide bonds. The summed E-state index contributed by atoms with van der Waals surface area (Å²) < 4.78 is 5.63. The van der Waals surface area contributed by atoms with E-state index in [2.05, 4.69) is 0 Å². The van der Waals surface area contributed by atoms with Crippen LogP contribution in [0.3, 0.4) is 0 Å². The maximum absolute atomic E-state index is 10.5. The smallest absolute Gasteiger partial charge is 0.138 e. The van der Waals surface area contributed by atoms with Gasteiger partial charge in [0.1, 0.15) is 18.0 Å². The van der Waals surface area contributed by atoms with E-state index < -0.39 is 11.7 Å². The van der Waals surface area contributed by atoms with Crippen LogP contribution in [0.15, 0.2) is 48.5 Å². The third kappa shape index (κ3) is 3.97. The van der Waals surface area contributed by atoms with Crippen LogP contribution in [0, 0.1) is 0 Å². The minimum atomic E-state index is -1.10. The zero-order valence-corrected chi connectivity index (χ0v) is 12.8. The van der Waals surface area contributed by atoms with Crippen molar-refractivity contribution in [3.8, 4) is 5.75 Å². The van der Waals surface area contributed by atoms with E-state index in [0.29, 0.717) is 10.8 Å². The molecule has 0 aromatic heterocycles. The van der Waals surface area contributed by atoms with Crippen LogP contribution in [-0.2, 0) is 5.60 Å². The molecular weight excluding hydrogens is 288 g/mol. The van der Waals surface area contributed by atoms with Gasteiger partial charge in [-0.05, 0) is 37.1 Å². The minimum Gasteiger partial charge on any atom is -0.489 e. The van der Waals surface area contributed by atoms with Crippen LogP contribution in [0.1, 0.15) is 31.1 Å². The van der Waals surface area contributed by atoms with E-state index >= 15 is 0 Å². The van der Waals surface area contributed by atoms with E-state index in [1.54, 1.807) is 32.0 Å². The highest BCUT2D eigenvalue weighted by Crippen LogP contribution is 2.30. The SMILES string of the molecule is C[C@H](O)c1ccc(OCC(C)(O)c2ccccc2)c(Cl)c1. The highest BCUT2D eigenvalue weighted by molar-refractivity contribution is 6.32. The molecule has 2 aromatic rings. The van der Waals surface area contributed by atoms with Gasteiger partial charge in [0.2, 0.25) is 0 Å². The second-order valence-corrected chi connectivity index (χ2v) is 5.70. The van der Waals surface area contributed by atoms with E-state index in [1.165, 1.54) is 0 Å². The molecule has 0 radical (unpaired) electrons. The van der Waals surface area contributed by atoms with E-state index in [9.17, 15) is 10.2 Å². The van der Waals surface area contributed by atoms with Gasteiger partial charge < -0.3 is 14.9 Å². The summed E-state index contributed by atoms with van der Waals surface area (Å²) in [5, 5.41) is 20.4. The first-order valence-electron chi connectivity index (χ1n) is 6.78. The Morgan fingerprint density at radius 2 is 1.86 bits per heavy atom. The molecule has 0 spiro atoms. The van der Waals surface area contributed by atoms with Gasteiger partial charge in [0.25, 0.3) is 0 Å². The first-order chi connectivity index (χ1) is 9.90. The van der Waals surface area contributed by atoms with Gasteiger partial charge in [-0.25, -0.2) is 0 Å². The van der Waals surface area contributed by atoms with Gasteiger partial charge >= 0.3 is 0 Å². The molecule has 0 saturated carbocycles. The highest BCUT2D eigenvalue weighted by atomic mass is 35.5. The Hall–Kier alpha value is -1.55. The largest absolute Gasteiger partial charge is 0.489 e. The number of hydrogen-bond acceptors (Lipinski definition) is 3. The van der Waals surface area contributed by atoms with Crippen LogP contribution in [0.25, 0.3) is 0 Å². The summed E-state index contributed by atoms with van der Waals surface area (Å²) in [6.07, 6.45) is -0.580. The number of ether oxygens (including phenoxy) is 1. The molecule has 4 heteroatoms. The first-order valence-corrected chi connectivity index (χ1v) is 7.16. The van der Waals surface area contributed by atoms with Gasteiger partial charge in [0.05, 0.1) is 11.1 Å². The highest BCUT2D eigenvalue weighted by Gasteiger charge is 2.24. The quantitative estimate of drug-likeness (QED) is 0.886. The van der Waals surface area contributed by atoms with Crippen molar-refractivity contribution in [2.75, 3.05) is 6.61 Å². The Balaban J connectivity index is 2.09. The third-order valence-electron chi connectivity index (χ3n) is 3.34. The summed E-state index contributed by atoms with van der Waals surface area (Å²) in [6, 6.07) is 14.4. The van der Waals surface area contributed by atoms with Crippen molar-refractivity contribution in [1.82, 2.24) is 0 Å². The lowest BCUT2D eigenvalue weighted by atomic mass is 9.97. The summed E-state index contributed by atoms with van der Waals surface area (Å²) in [5.41, 5.74) is 0.400. The number of rotatable bonds is 5. The lowest BCUT2D eigenvalue weighted by molar-refractivity contribution is 0.00761. The molecule has 1 unspecified atom stereocenters. The van der Waals surface area contributed by atoms with Crippen molar-refractivity contribution in [1.29, 1.82) is 0 Å². The van der Waals surface area contributed by atoms with Crippen molar-refractivity contribution in [2.45, 2.75) is 25.6 Å². The van der Waals surface area contributed by atoms with E-state index in [4.69, 9.17) is 16.3 Å². The van der Waals surface area contributed by atoms with Crippen LogP contribution < -0.4 is 4.74 Å². The molecule has 21 heavy (non-hydrogen) atoms. The van der Waals surface area contributed by atoms with Gasteiger partial charge in [-0.2, -0.15) is 0 Å². The fourth-order valence-electron chi connectivity index (χ4n) is 1.99. The fraction of sp³-hybridized carbons (Fsp3) is 0.294. The number of halogens is 1. The zero-order valence-electron chi connectivity index (χ0n) is 12.1. The normalized spacial score (nSPS) is 15.3. The molecule has 2 rings (SSSR count). The van der Waals surface area contributed by atoms with Crippen LogP contribution in [0.2, 0.25) is 5.02 Å². The predicted octanol–water partition coefficient (Wildman–Crippen LogP) is 3.68. The molecule has 0 fully saturated rings. The third-order valence-corrected chi connectivity index (χ3v) is 3.64. The van der Waals surface area contributed by atoms with Crippen LogP contribution >= 0.6 is 11.6 Å². The summed E-state index contributed by atoms with van der Waals surface area (Å²) >= 11 is 6.13. The topological polar surface area (TPSA) is 49.7 Å². The lowest BCUT2D eigenvalue weighted by Crippen LogP contribution is -2.29. The number of aliphatic hydroxyl groups excluding tert-OH is 1. The standard InChI is InChI=1S/C17H19ClO3/c1-12(19)13-8-9-16(15(18)10-13)21-11-17(2,20)14-6-4-3-5-7-14/h3-10,12,19-20H,11H2,1-2H3/t12-,17?/m0/s1. The Bertz CT molecular complexity index is 594. The molecule has 0 saturated heterocycles. The van der Waals surface area contributed by atoms with Crippen LogP contribution in [-0.4, -0.2) is 16.8 Å². The number of aliphatic hydroxyl groups is 2. The van der Waals surface area contributed by atoms with Crippen molar-refractivity contribution in [2.24, 2.45) is 0 Å². The van der Waals surface area contributed by atoms with Crippen molar-refractivity contribution in [3.63, 3.8) is 0 Å². The Kier molecular flexibility index (Phi) is 4.88. The molecule has 0 aliphatic heterocycles. The summed E-state index contributed by atoms with van der Waals surface area (Å²) in [6.45, 7) is 3.46. The summed E-state index contributed by atoms with van der Waals surface area (Å²) in [5.74, 6) is 0.484. The summed E-state index contributed by atoms with van der Waals surface area (Å²) in [7, 11) is 0. The Labute approximate surface area is 129 Å². The van der Waals surface area contributed by atoms with E-state index in [0.717, 1.165) is 11.1 Å². The van der Waals surface area contributed by atoms with Gasteiger partial charge in [-0.1, -0.05) is 48.0 Å². The van der Waals surface area contributed by atoms with E-state index in [-0.39, 0.29) is 6.61 Å². The fourth-order valence-corrected chi connectivity index (χ4v) is 2.24. The molecule has 112 valence electrons. The summed E-state index contributed by atoms with van der Waals surface area (Å²) in [4.78, 5) is 0. The van der Waals surface area contributed by atoms with Crippen LogP contribution in [0.4, 0.5) is 0 Å². The van der Waals surface area contributed by atoms with Gasteiger partial charge in [0, 0.05) is 0 Å². The van der Waals surface area contributed by atoms with Crippen molar-refractivity contribution >= 4 is 11.6 Å². The van der Waals surface area contributed by atoms with Gasteiger partial charge in [-0.3, -0.25) is 0 Å². The Morgan fingerprint density at radius 1 is 1.19 bits per heavy atom. The molecule has 0 aliphatic carbocycles. The molecule has 2 atom stereocenters.